The Morgan fingerprint density at radius 1 is 0.952 bits per heavy atom. The van der Waals surface area contributed by atoms with Gasteiger partial charge >= 0.3 is 0 Å². The van der Waals surface area contributed by atoms with Crippen LogP contribution in [0, 0.1) is 28.5 Å². The molecule has 0 spiro atoms. The molecule has 2 aromatic carbocycles. The summed E-state index contributed by atoms with van der Waals surface area (Å²) in [5, 5.41) is 17.5. The lowest BCUT2D eigenvalue weighted by Crippen LogP contribution is -1.87. The molecule has 6 heteroatoms. The van der Waals surface area contributed by atoms with E-state index >= 15 is 0 Å². The van der Waals surface area contributed by atoms with E-state index in [2.05, 4.69) is 0 Å². The van der Waals surface area contributed by atoms with E-state index < -0.39 is 5.82 Å². The highest BCUT2D eigenvalue weighted by Gasteiger charge is 2.04. The molecule has 2 rings (SSSR count). The molecule has 0 radical (unpaired) electrons. The second-order valence-electron chi connectivity index (χ2n) is 3.64. The Kier molecular flexibility index (Phi) is 6.49. The summed E-state index contributed by atoms with van der Waals surface area (Å²) in [5.41, 5.74) is 0.292. The van der Waals surface area contributed by atoms with Crippen LogP contribution in [0.4, 0.5) is 4.39 Å². The van der Waals surface area contributed by atoms with Crippen molar-refractivity contribution in [2.45, 2.75) is 0 Å². The normalized spacial score (nSPS) is 8.86. The number of hydrogen-bond donors (Lipinski definition) is 0. The van der Waals surface area contributed by atoms with Crippen molar-refractivity contribution in [2.75, 3.05) is 7.11 Å². The van der Waals surface area contributed by atoms with Gasteiger partial charge in [0, 0.05) is 0 Å². The smallest absolute Gasteiger partial charge is 0.142 e. The first-order valence-corrected chi connectivity index (χ1v) is 6.37. The van der Waals surface area contributed by atoms with E-state index in [1.807, 2.05) is 6.07 Å². The predicted molar refractivity (Wildman–Crippen MR) is 78.8 cm³/mol. The summed E-state index contributed by atoms with van der Waals surface area (Å²) >= 11 is 11.2. The van der Waals surface area contributed by atoms with Crippen molar-refractivity contribution in [1.82, 2.24) is 0 Å². The summed E-state index contributed by atoms with van der Waals surface area (Å²) in [7, 11) is 1.51. The molecule has 3 nitrogen and oxygen atoms in total. The van der Waals surface area contributed by atoms with Gasteiger partial charge in [0.1, 0.15) is 34.8 Å². The lowest BCUT2D eigenvalue weighted by Gasteiger charge is -2.01. The maximum Gasteiger partial charge on any atom is 0.142 e. The molecular formula is C15H9Cl2FN2O. The maximum absolute atomic E-state index is 12.5. The van der Waals surface area contributed by atoms with Crippen LogP contribution in [0.2, 0.25) is 10.0 Å². The lowest BCUT2D eigenvalue weighted by atomic mass is 10.2. The van der Waals surface area contributed by atoms with Crippen molar-refractivity contribution in [3.05, 3.63) is 63.4 Å². The van der Waals surface area contributed by atoms with Crippen LogP contribution >= 0.6 is 23.2 Å². The molecule has 0 saturated heterocycles. The average molecular weight is 323 g/mol. The molecule has 2 aromatic rings. The highest BCUT2D eigenvalue weighted by Crippen LogP contribution is 2.24. The molecule has 0 N–H and O–H groups in total. The van der Waals surface area contributed by atoms with Crippen LogP contribution in [0.5, 0.6) is 5.75 Å². The Balaban J connectivity index is 0.000000211. The quantitative estimate of drug-likeness (QED) is 0.772. The van der Waals surface area contributed by atoms with Gasteiger partial charge in [0.05, 0.1) is 17.2 Å². The third-order valence-corrected chi connectivity index (χ3v) is 3.01. The summed E-state index contributed by atoms with van der Waals surface area (Å²) in [6, 6.07) is 12.8. The Morgan fingerprint density at radius 3 is 1.86 bits per heavy atom. The molecule has 0 fully saturated rings. The number of methoxy groups -OCH3 is 1. The SMILES string of the molecule is COc1cccc(Cl)c1C#N.N#Cc1c(F)cccc1Cl. The van der Waals surface area contributed by atoms with Crippen LogP contribution in [0.25, 0.3) is 0 Å². The van der Waals surface area contributed by atoms with Crippen LogP contribution in [-0.4, -0.2) is 7.11 Å². The van der Waals surface area contributed by atoms with Crippen LogP contribution in [0.15, 0.2) is 36.4 Å². The van der Waals surface area contributed by atoms with Gasteiger partial charge in [0.15, 0.2) is 0 Å². The topological polar surface area (TPSA) is 56.8 Å². The predicted octanol–water partition coefficient (Wildman–Crippen LogP) is 4.57. The Hall–Kier alpha value is -2.27. The Labute approximate surface area is 131 Å². The molecule has 106 valence electrons. The van der Waals surface area contributed by atoms with Gasteiger partial charge in [0.25, 0.3) is 0 Å². The maximum atomic E-state index is 12.5. The zero-order chi connectivity index (χ0) is 15.8. The summed E-state index contributed by atoms with van der Waals surface area (Å²) in [4.78, 5) is 0. The van der Waals surface area contributed by atoms with Crippen molar-refractivity contribution in [3.8, 4) is 17.9 Å². The molecule has 0 amide bonds. The van der Waals surface area contributed by atoms with E-state index in [-0.39, 0.29) is 10.6 Å². The van der Waals surface area contributed by atoms with Gasteiger partial charge < -0.3 is 4.74 Å². The van der Waals surface area contributed by atoms with Gasteiger partial charge in [-0.15, -0.1) is 0 Å². The molecule has 0 aliphatic rings. The van der Waals surface area contributed by atoms with E-state index in [1.54, 1.807) is 24.3 Å². The fourth-order valence-electron chi connectivity index (χ4n) is 1.39. The zero-order valence-corrected chi connectivity index (χ0v) is 12.4. The average Bonchev–Trinajstić information content (AvgIpc) is 2.48. The Bertz CT molecular complexity index is 700. The van der Waals surface area contributed by atoms with Gasteiger partial charge in [-0.05, 0) is 24.3 Å². The van der Waals surface area contributed by atoms with E-state index in [4.69, 9.17) is 38.5 Å². The number of nitrogens with zero attached hydrogens (tertiary/aromatic N) is 2. The lowest BCUT2D eigenvalue weighted by molar-refractivity contribution is 0.413. The van der Waals surface area contributed by atoms with Crippen LogP contribution in [0.1, 0.15) is 11.1 Å². The number of halogens is 3. The third kappa shape index (κ3) is 4.36. The second kappa shape index (κ2) is 8.11. The van der Waals surface area contributed by atoms with Gasteiger partial charge in [-0.3, -0.25) is 0 Å². The van der Waals surface area contributed by atoms with Crippen LogP contribution in [0.3, 0.4) is 0 Å². The largest absolute Gasteiger partial charge is 0.495 e. The minimum atomic E-state index is -0.574. The summed E-state index contributed by atoms with van der Waals surface area (Å²) in [6.07, 6.45) is 0. The van der Waals surface area contributed by atoms with E-state index in [1.165, 1.54) is 25.3 Å². The number of hydrogen-bond acceptors (Lipinski definition) is 3. The highest BCUT2D eigenvalue weighted by molar-refractivity contribution is 6.32. The standard InChI is InChI=1S/C8H6ClNO.C7H3ClFN/c1-11-8-4-2-3-7(9)6(8)5-10;8-6-2-1-3-7(9)5(6)4-10/h2-4H,1H3;1-3H. The van der Waals surface area contributed by atoms with Gasteiger partial charge in [-0.1, -0.05) is 35.3 Å². The monoisotopic (exact) mass is 322 g/mol. The van der Waals surface area contributed by atoms with E-state index in [0.29, 0.717) is 16.3 Å². The first-order valence-electron chi connectivity index (χ1n) is 5.61. The summed E-state index contributed by atoms with van der Waals surface area (Å²) in [5.74, 6) is -0.0602. The van der Waals surface area contributed by atoms with E-state index in [0.717, 1.165) is 0 Å². The van der Waals surface area contributed by atoms with Crippen molar-refractivity contribution in [2.24, 2.45) is 0 Å². The molecule has 21 heavy (non-hydrogen) atoms. The molecule has 0 saturated carbocycles. The highest BCUT2D eigenvalue weighted by atomic mass is 35.5. The number of nitriles is 2. The molecule has 0 atom stereocenters. The fraction of sp³-hybridized carbons (Fsp3) is 0.0667. The van der Waals surface area contributed by atoms with Crippen molar-refractivity contribution < 1.29 is 9.13 Å². The first-order chi connectivity index (χ1) is 10.0. The van der Waals surface area contributed by atoms with Crippen LogP contribution in [-0.2, 0) is 0 Å². The summed E-state index contributed by atoms with van der Waals surface area (Å²) < 4.78 is 17.5. The number of rotatable bonds is 1. The second-order valence-corrected chi connectivity index (χ2v) is 4.45. The number of ether oxygens (including phenoxy) is 1. The molecule has 0 unspecified atom stereocenters. The van der Waals surface area contributed by atoms with Crippen molar-refractivity contribution in [3.63, 3.8) is 0 Å². The van der Waals surface area contributed by atoms with Gasteiger partial charge in [0.2, 0.25) is 0 Å². The van der Waals surface area contributed by atoms with E-state index in [9.17, 15) is 4.39 Å². The number of benzene rings is 2. The first kappa shape index (κ1) is 16.8. The third-order valence-electron chi connectivity index (χ3n) is 2.38. The van der Waals surface area contributed by atoms with Crippen molar-refractivity contribution >= 4 is 23.2 Å². The molecule has 0 aliphatic heterocycles. The van der Waals surface area contributed by atoms with Crippen LogP contribution < -0.4 is 4.74 Å². The molecule has 0 bridgehead atoms. The fourth-order valence-corrected chi connectivity index (χ4v) is 1.80. The van der Waals surface area contributed by atoms with Crippen molar-refractivity contribution in [1.29, 1.82) is 10.5 Å². The minimum Gasteiger partial charge on any atom is -0.495 e. The van der Waals surface area contributed by atoms with Gasteiger partial charge in [-0.25, -0.2) is 4.39 Å². The molecule has 0 aliphatic carbocycles. The molecule has 0 aromatic heterocycles. The summed E-state index contributed by atoms with van der Waals surface area (Å²) in [6.45, 7) is 0. The zero-order valence-electron chi connectivity index (χ0n) is 10.9. The Morgan fingerprint density at radius 2 is 1.48 bits per heavy atom. The minimum absolute atomic E-state index is 0.0934. The van der Waals surface area contributed by atoms with Gasteiger partial charge in [-0.2, -0.15) is 10.5 Å². The molecular weight excluding hydrogens is 314 g/mol. The molecule has 0 heterocycles.